The van der Waals surface area contributed by atoms with E-state index in [1.807, 2.05) is 35.8 Å². The zero-order valence-electron chi connectivity index (χ0n) is 6.38. The molecule has 0 aromatic heterocycles. The molecule has 56 valence electrons. The van der Waals surface area contributed by atoms with Crippen LogP contribution in [0.25, 0.3) is 0 Å². The Balaban J connectivity index is 3.82. The third-order valence-electron chi connectivity index (χ3n) is 1.22. The summed E-state index contributed by atoms with van der Waals surface area (Å²) in [5.41, 5.74) is 0. The molecular formula is C5H14NS3+. The lowest BCUT2D eigenvalue weighted by molar-refractivity contribution is -0.472. The van der Waals surface area contributed by atoms with E-state index in [0.717, 1.165) is 2.70 Å². The Morgan fingerprint density at radius 1 is 1.00 bits per heavy atom. The molecule has 0 aromatic carbocycles. The average molecular weight is 184 g/mol. The summed E-state index contributed by atoms with van der Waals surface area (Å²) in [5.74, 6) is 0. The largest absolute Gasteiger partial charge is 0.142 e. The van der Waals surface area contributed by atoms with Crippen LogP contribution < -0.4 is 0 Å². The molecule has 0 saturated heterocycles. The van der Waals surface area contributed by atoms with Gasteiger partial charge in [-0.25, -0.2) is 0 Å². The average Bonchev–Trinajstić information content (AvgIpc) is 1.95. The Kier molecular flexibility index (Phi) is 5.30. The van der Waals surface area contributed by atoms with Crippen molar-refractivity contribution in [2.24, 2.45) is 0 Å². The van der Waals surface area contributed by atoms with E-state index >= 15 is 0 Å². The van der Waals surface area contributed by atoms with Crippen LogP contribution in [0.2, 0.25) is 0 Å². The first-order chi connectivity index (χ1) is 4.24. The van der Waals surface area contributed by atoms with Crippen molar-refractivity contribution >= 4 is 35.8 Å². The molecule has 0 radical (unpaired) electrons. The molecule has 0 bridgehead atoms. The van der Waals surface area contributed by atoms with Crippen LogP contribution >= 0.6 is 35.8 Å². The molecule has 0 N–H and O–H groups in total. The zero-order chi connectivity index (χ0) is 7.33. The van der Waals surface area contributed by atoms with Gasteiger partial charge in [0.1, 0.15) is 6.54 Å². The summed E-state index contributed by atoms with van der Waals surface area (Å²) < 4.78 is 1.03. The van der Waals surface area contributed by atoms with Crippen LogP contribution in [0, 0.1) is 0 Å². The molecule has 0 fully saturated rings. The van der Waals surface area contributed by atoms with Crippen molar-refractivity contribution in [3.05, 3.63) is 0 Å². The smallest absolute Gasteiger partial charge is 0.109 e. The van der Waals surface area contributed by atoms with Crippen molar-refractivity contribution in [2.45, 2.75) is 6.92 Å². The fourth-order valence-corrected chi connectivity index (χ4v) is 3.17. The summed E-state index contributed by atoms with van der Waals surface area (Å²) in [6, 6.07) is 0. The van der Waals surface area contributed by atoms with Gasteiger partial charge < -0.3 is 0 Å². The first kappa shape index (κ1) is 10.0. The standard InChI is InChI=1S/C5H14NS3/c1-5-6(7-2,8-3)9-4/h5H2,1-4H3/q+1. The quantitative estimate of drug-likeness (QED) is 0.487. The van der Waals surface area contributed by atoms with Crippen molar-refractivity contribution in [2.75, 3.05) is 25.3 Å². The third kappa shape index (κ3) is 2.62. The van der Waals surface area contributed by atoms with Crippen molar-refractivity contribution in [1.29, 1.82) is 0 Å². The summed E-state index contributed by atoms with van der Waals surface area (Å²) in [6.45, 7) is 3.38. The molecule has 0 aliphatic carbocycles. The van der Waals surface area contributed by atoms with Crippen LogP contribution in [0.5, 0.6) is 0 Å². The van der Waals surface area contributed by atoms with Crippen LogP contribution in [-0.4, -0.2) is 28.0 Å². The second-order valence-corrected chi connectivity index (χ2v) is 5.13. The highest BCUT2D eigenvalue weighted by atomic mass is 32.3. The van der Waals surface area contributed by atoms with Crippen molar-refractivity contribution in [1.82, 2.24) is 0 Å². The van der Waals surface area contributed by atoms with Crippen molar-refractivity contribution < 1.29 is 2.70 Å². The molecule has 0 saturated carbocycles. The molecule has 4 heteroatoms. The Morgan fingerprint density at radius 3 is 1.33 bits per heavy atom. The number of hydrogen-bond donors (Lipinski definition) is 0. The number of hydrogen-bond acceptors (Lipinski definition) is 3. The Hall–Kier alpha value is 1.01. The van der Waals surface area contributed by atoms with Crippen LogP contribution in [-0.2, 0) is 0 Å². The van der Waals surface area contributed by atoms with Gasteiger partial charge in [-0.05, 0) is 6.92 Å². The fourth-order valence-electron chi connectivity index (χ4n) is 0.611. The highest BCUT2D eigenvalue weighted by Crippen LogP contribution is 2.38. The van der Waals surface area contributed by atoms with Gasteiger partial charge in [-0.1, -0.05) is 0 Å². The lowest BCUT2D eigenvalue weighted by Gasteiger charge is -2.24. The van der Waals surface area contributed by atoms with Gasteiger partial charge in [0, 0.05) is 18.8 Å². The maximum absolute atomic E-state index is 2.21. The van der Waals surface area contributed by atoms with Gasteiger partial charge in [-0.3, -0.25) is 0 Å². The van der Waals surface area contributed by atoms with Gasteiger partial charge >= 0.3 is 0 Å². The van der Waals surface area contributed by atoms with Gasteiger partial charge in [-0.2, -0.15) is 0 Å². The molecule has 0 rings (SSSR count). The van der Waals surface area contributed by atoms with E-state index in [9.17, 15) is 0 Å². The van der Waals surface area contributed by atoms with Crippen molar-refractivity contribution in [3.63, 3.8) is 0 Å². The van der Waals surface area contributed by atoms with Crippen LogP contribution in [0.3, 0.4) is 0 Å². The minimum absolute atomic E-state index is 1.03. The second kappa shape index (κ2) is 4.77. The topological polar surface area (TPSA) is 0 Å². The molecule has 0 atom stereocenters. The molecular weight excluding hydrogens is 170 g/mol. The summed E-state index contributed by atoms with van der Waals surface area (Å²) >= 11 is 5.64. The Morgan fingerprint density at radius 2 is 1.33 bits per heavy atom. The number of quaternary nitrogens is 1. The molecule has 0 aliphatic heterocycles. The van der Waals surface area contributed by atoms with Crippen LogP contribution in [0.1, 0.15) is 6.92 Å². The van der Waals surface area contributed by atoms with Gasteiger partial charge in [0.15, 0.2) is 0 Å². The molecule has 0 amide bonds. The normalized spacial score (nSPS) is 12.0. The van der Waals surface area contributed by atoms with E-state index in [1.54, 1.807) is 0 Å². The fraction of sp³-hybridized carbons (Fsp3) is 1.00. The molecule has 0 heterocycles. The lowest BCUT2D eigenvalue weighted by atomic mass is 10.8. The van der Waals surface area contributed by atoms with E-state index < -0.39 is 0 Å². The molecule has 1 nitrogen and oxygen atoms in total. The van der Waals surface area contributed by atoms with Gasteiger partial charge in [-0.15, -0.1) is 2.70 Å². The molecule has 9 heavy (non-hydrogen) atoms. The third-order valence-corrected chi connectivity index (χ3v) is 6.35. The summed E-state index contributed by atoms with van der Waals surface area (Å²) in [5, 5.41) is 0. The predicted octanol–water partition coefficient (Wildman–Crippen LogP) is 2.66. The number of nitrogens with zero attached hydrogens (tertiary/aromatic N) is 1. The minimum Gasteiger partial charge on any atom is -0.142 e. The molecule has 0 aliphatic rings. The number of rotatable bonds is 4. The highest BCUT2D eigenvalue weighted by Gasteiger charge is 2.24. The Bertz CT molecular complexity index is 55.1. The maximum Gasteiger partial charge on any atom is 0.109 e. The Labute approximate surface area is 70.9 Å². The molecule has 0 unspecified atom stereocenters. The van der Waals surface area contributed by atoms with Gasteiger partial charge in [0.2, 0.25) is 0 Å². The van der Waals surface area contributed by atoms with E-state index in [4.69, 9.17) is 0 Å². The van der Waals surface area contributed by atoms with Crippen LogP contribution in [0.15, 0.2) is 0 Å². The van der Waals surface area contributed by atoms with E-state index in [2.05, 4.69) is 25.7 Å². The maximum atomic E-state index is 2.21. The first-order valence-electron chi connectivity index (χ1n) is 2.80. The minimum atomic E-state index is 1.03. The van der Waals surface area contributed by atoms with Gasteiger partial charge in [0.05, 0.1) is 35.8 Å². The summed E-state index contributed by atoms with van der Waals surface area (Å²) in [7, 11) is 0. The van der Waals surface area contributed by atoms with Crippen molar-refractivity contribution in [3.8, 4) is 0 Å². The van der Waals surface area contributed by atoms with Crippen LogP contribution in [0.4, 0.5) is 0 Å². The van der Waals surface area contributed by atoms with E-state index in [1.165, 1.54) is 6.54 Å². The first-order valence-corrected chi connectivity index (χ1v) is 6.34. The monoisotopic (exact) mass is 184 g/mol. The molecule has 0 aromatic rings. The second-order valence-electron chi connectivity index (χ2n) is 1.47. The van der Waals surface area contributed by atoms with E-state index in [-0.39, 0.29) is 0 Å². The highest BCUT2D eigenvalue weighted by molar-refractivity contribution is 8.17. The summed E-state index contributed by atoms with van der Waals surface area (Å²) in [4.78, 5) is 0. The lowest BCUT2D eigenvalue weighted by Crippen LogP contribution is -2.22. The zero-order valence-corrected chi connectivity index (χ0v) is 8.83. The molecule has 0 spiro atoms. The predicted molar refractivity (Wildman–Crippen MR) is 51.3 cm³/mol. The van der Waals surface area contributed by atoms with Gasteiger partial charge in [0.25, 0.3) is 0 Å². The summed E-state index contributed by atoms with van der Waals surface area (Å²) in [6.07, 6.45) is 6.45. The van der Waals surface area contributed by atoms with E-state index in [0.29, 0.717) is 0 Å². The SMILES string of the molecule is CC[N+](SC)(SC)SC.